The van der Waals surface area contributed by atoms with Crippen molar-refractivity contribution in [3.63, 3.8) is 0 Å². The number of rotatable bonds is 3. The van der Waals surface area contributed by atoms with Crippen LogP contribution in [0.1, 0.15) is 30.6 Å². The molecule has 0 aromatic carbocycles. The van der Waals surface area contributed by atoms with Crippen LogP contribution in [0.5, 0.6) is 0 Å². The van der Waals surface area contributed by atoms with Crippen molar-refractivity contribution in [2.75, 3.05) is 26.2 Å². The van der Waals surface area contributed by atoms with Crippen molar-refractivity contribution in [1.82, 2.24) is 14.5 Å². The second-order valence-corrected chi connectivity index (χ2v) is 5.22. The van der Waals surface area contributed by atoms with Gasteiger partial charge in [-0.15, -0.1) is 0 Å². The maximum atomic E-state index is 9.18. The summed E-state index contributed by atoms with van der Waals surface area (Å²) >= 11 is 0. The van der Waals surface area contributed by atoms with Crippen LogP contribution in [0, 0.1) is 5.92 Å². The Hall–Kier alpha value is -0.910. The standard InChI is InChI=1S/C12H20N4O/c13-10(7-17)11-5-14-8-16(11)12-6-15-3-1-9(12)2-4-15/h5,8-10,12,17H,1-4,6-7,13H2. The molecule has 2 unspecified atom stereocenters. The van der Waals surface area contributed by atoms with Crippen LogP contribution in [0.3, 0.4) is 0 Å². The van der Waals surface area contributed by atoms with Crippen LogP contribution in [0.15, 0.2) is 12.5 Å². The number of hydrogen-bond donors (Lipinski definition) is 2. The van der Waals surface area contributed by atoms with Crippen molar-refractivity contribution in [2.45, 2.75) is 24.9 Å². The molecule has 4 rings (SSSR count). The Bertz CT molecular complexity index is 384. The molecule has 4 heterocycles. The van der Waals surface area contributed by atoms with E-state index in [1.165, 1.54) is 25.9 Å². The molecule has 17 heavy (non-hydrogen) atoms. The zero-order valence-corrected chi connectivity index (χ0v) is 10.00. The minimum absolute atomic E-state index is 0.0210. The summed E-state index contributed by atoms with van der Waals surface area (Å²) in [5.41, 5.74) is 6.88. The van der Waals surface area contributed by atoms with Gasteiger partial charge in [0.15, 0.2) is 0 Å². The molecule has 3 fully saturated rings. The van der Waals surface area contributed by atoms with Crippen LogP contribution in [-0.2, 0) is 0 Å². The van der Waals surface area contributed by atoms with Gasteiger partial charge in [-0.3, -0.25) is 0 Å². The Balaban J connectivity index is 1.86. The third-order valence-corrected chi connectivity index (χ3v) is 4.25. The molecule has 0 spiro atoms. The second-order valence-electron chi connectivity index (χ2n) is 5.22. The van der Waals surface area contributed by atoms with E-state index in [1.807, 2.05) is 6.33 Å². The van der Waals surface area contributed by atoms with E-state index < -0.39 is 0 Å². The SMILES string of the molecule is NC(CO)c1cncn1C1CN2CCC1CC2. The summed E-state index contributed by atoms with van der Waals surface area (Å²) in [6.45, 7) is 3.55. The van der Waals surface area contributed by atoms with E-state index in [-0.39, 0.29) is 12.6 Å². The molecule has 1 aromatic rings. The summed E-state index contributed by atoms with van der Waals surface area (Å²) < 4.78 is 2.19. The zero-order valence-electron chi connectivity index (χ0n) is 10.00. The average molecular weight is 236 g/mol. The molecule has 2 bridgehead atoms. The Morgan fingerprint density at radius 2 is 2.24 bits per heavy atom. The fourth-order valence-corrected chi connectivity index (χ4v) is 3.22. The third-order valence-electron chi connectivity index (χ3n) is 4.25. The molecule has 3 saturated heterocycles. The van der Waals surface area contributed by atoms with E-state index >= 15 is 0 Å². The van der Waals surface area contributed by atoms with Gasteiger partial charge in [-0.05, 0) is 31.8 Å². The Morgan fingerprint density at radius 3 is 2.82 bits per heavy atom. The predicted octanol–water partition coefficient (Wildman–Crippen LogP) is 0.142. The molecular formula is C12H20N4O. The van der Waals surface area contributed by atoms with E-state index in [2.05, 4.69) is 14.5 Å². The van der Waals surface area contributed by atoms with Gasteiger partial charge in [-0.2, -0.15) is 0 Å². The first kappa shape index (κ1) is 11.2. The number of piperidine rings is 3. The molecule has 0 radical (unpaired) electrons. The lowest BCUT2D eigenvalue weighted by Crippen LogP contribution is -2.48. The minimum Gasteiger partial charge on any atom is -0.394 e. The lowest BCUT2D eigenvalue weighted by Gasteiger charge is -2.45. The second kappa shape index (κ2) is 4.40. The van der Waals surface area contributed by atoms with E-state index in [0.29, 0.717) is 6.04 Å². The molecule has 1 aromatic heterocycles. The molecule has 0 aliphatic carbocycles. The summed E-state index contributed by atoms with van der Waals surface area (Å²) in [7, 11) is 0. The highest BCUT2D eigenvalue weighted by Crippen LogP contribution is 2.36. The number of nitrogens with two attached hydrogens (primary N) is 1. The van der Waals surface area contributed by atoms with Crippen molar-refractivity contribution in [2.24, 2.45) is 11.7 Å². The Labute approximate surface area is 101 Å². The number of nitrogens with zero attached hydrogens (tertiary/aromatic N) is 3. The quantitative estimate of drug-likeness (QED) is 0.783. The Kier molecular flexibility index (Phi) is 2.90. The zero-order chi connectivity index (χ0) is 11.8. The lowest BCUT2D eigenvalue weighted by atomic mass is 9.83. The van der Waals surface area contributed by atoms with Gasteiger partial charge in [0.25, 0.3) is 0 Å². The first-order chi connectivity index (χ1) is 8.29. The number of aliphatic hydroxyl groups is 1. The molecule has 5 heteroatoms. The summed E-state index contributed by atoms with van der Waals surface area (Å²) in [6, 6.07) is 0.181. The molecule has 3 N–H and O–H groups in total. The van der Waals surface area contributed by atoms with Gasteiger partial charge in [0, 0.05) is 12.7 Å². The van der Waals surface area contributed by atoms with Crippen LogP contribution in [0.2, 0.25) is 0 Å². The topological polar surface area (TPSA) is 67.3 Å². The van der Waals surface area contributed by atoms with Crippen molar-refractivity contribution in [3.05, 3.63) is 18.2 Å². The molecule has 5 nitrogen and oxygen atoms in total. The third kappa shape index (κ3) is 1.88. The number of imidazole rings is 1. The van der Waals surface area contributed by atoms with Crippen LogP contribution in [0.4, 0.5) is 0 Å². The smallest absolute Gasteiger partial charge is 0.0951 e. The van der Waals surface area contributed by atoms with Crippen molar-refractivity contribution < 1.29 is 5.11 Å². The highest BCUT2D eigenvalue weighted by Gasteiger charge is 2.36. The number of aromatic nitrogens is 2. The summed E-state index contributed by atoms with van der Waals surface area (Å²) in [5, 5.41) is 9.18. The summed E-state index contributed by atoms with van der Waals surface area (Å²) in [5.74, 6) is 0.749. The van der Waals surface area contributed by atoms with Gasteiger partial charge in [-0.1, -0.05) is 0 Å². The maximum absolute atomic E-state index is 9.18. The van der Waals surface area contributed by atoms with Gasteiger partial charge in [0.1, 0.15) is 0 Å². The van der Waals surface area contributed by atoms with E-state index in [0.717, 1.165) is 18.2 Å². The van der Waals surface area contributed by atoms with Gasteiger partial charge in [-0.25, -0.2) is 4.98 Å². The van der Waals surface area contributed by atoms with Crippen LogP contribution in [-0.4, -0.2) is 45.8 Å². The fourth-order valence-electron chi connectivity index (χ4n) is 3.22. The number of aliphatic hydroxyl groups excluding tert-OH is 1. The molecule has 0 saturated carbocycles. The summed E-state index contributed by atoms with van der Waals surface area (Å²) in [6.07, 6.45) is 6.21. The number of fused-ring (bicyclic) bond motifs is 3. The van der Waals surface area contributed by atoms with Gasteiger partial charge < -0.3 is 20.3 Å². The first-order valence-corrected chi connectivity index (χ1v) is 6.40. The molecule has 94 valence electrons. The maximum Gasteiger partial charge on any atom is 0.0951 e. The highest BCUT2D eigenvalue weighted by atomic mass is 16.3. The predicted molar refractivity (Wildman–Crippen MR) is 64.4 cm³/mol. The van der Waals surface area contributed by atoms with Gasteiger partial charge in [0.2, 0.25) is 0 Å². The number of hydrogen-bond acceptors (Lipinski definition) is 4. The van der Waals surface area contributed by atoms with Crippen molar-refractivity contribution >= 4 is 0 Å². The molecule has 0 amide bonds. The highest BCUT2D eigenvalue weighted by molar-refractivity contribution is 5.08. The van der Waals surface area contributed by atoms with Crippen LogP contribution >= 0.6 is 0 Å². The van der Waals surface area contributed by atoms with Gasteiger partial charge in [0.05, 0.1) is 30.7 Å². The lowest BCUT2D eigenvalue weighted by molar-refractivity contribution is 0.0548. The average Bonchev–Trinajstić information content (AvgIpc) is 2.88. The summed E-state index contributed by atoms with van der Waals surface area (Å²) in [4.78, 5) is 6.72. The first-order valence-electron chi connectivity index (χ1n) is 6.40. The van der Waals surface area contributed by atoms with Gasteiger partial charge >= 0.3 is 0 Å². The minimum atomic E-state index is -0.312. The normalized spacial score (nSPS) is 33.9. The molecule has 2 atom stereocenters. The van der Waals surface area contributed by atoms with Crippen molar-refractivity contribution in [3.8, 4) is 0 Å². The van der Waals surface area contributed by atoms with E-state index in [4.69, 9.17) is 5.73 Å². The van der Waals surface area contributed by atoms with Crippen molar-refractivity contribution in [1.29, 1.82) is 0 Å². The van der Waals surface area contributed by atoms with Crippen LogP contribution < -0.4 is 5.73 Å². The Morgan fingerprint density at radius 1 is 1.47 bits per heavy atom. The van der Waals surface area contributed by atoms with Crippen LogP contribution in [0.25, 0.3) is 0 Å². The van der Waals surface area contributed by atoms with E-state index in [9.17, 15) is 5.11 Å². The molecular weight excluding hydrogens is 216 g/mol. The monoisotopic (exact) mass is 236 g/mol. The largest absolute Gasteiger partial charge is 0.394 e. The fraction of sp³-hybridized carbons (Fsp3) is 0.750. The molecule has 3 aliphatic heterocycles. The molecule has 3 aliphatic rings. The van der Waals surface area contributed by atoms with E-state index in [1.54, 1.807) is 6.20 Å².